The van der Waals surface area contributed by atoms with Crippen LogP contribution >= 0.6 is 47.0 Å². The number of nitrogens with zero attached hydrogens (tertiary/aromatic N) is 2. The Kier molecular flexibility index (Phi) is 8.70. The molecule has 128 valence electrons. The van der Waals surface area contributed by atoms with Crippen molar-refractivity contribution in [3.05, 3.63) is 0 Å². The van der Waals surface area contributed by atoms with Gasteiger partial charge in [-0.15, -0.1) is 0 Å². The second-order valence-corrected chi connectivity index (χ2v) is 9.45. The zero-order valence-corrected chi connectivity index (χ0v) is 16.1. The van der Waals surface area contributed by atoms with Gasteiger partial charge >= 0.3 is 0 Å². The van der Waals surface area contributed by atoms with Crippen LogP contribution in [-0.4, -0.2) is 69.3 Å². The highest BCUT2D eigenvalue weighted by Gasteiger charge is 2.14. The Morgan fingerprint density at radius 3 is 2.17 bits per heavy atom. The highest BCUT2D eigenvalue weighted by atomic mass is 32.2. The fourth-order valence-corrected chi connectivity index (χ4v) is 5.41. The van der Waals surface area contributed by atoms with E-state index in [9.17, 15) is 9.59 Å². The standard InChI is InChI=1S/C13H20N4O2S4/c1-9(17-11(19)8-23-13-15-3-5-21-13)6-16-10(18)7-22-12-14-2-4-20-12/h9H,2-8H2,1H3,(H,16,18)(H,17,19)/t9-/m0/s1. The summed E-state index contributed by atoms with van der Waals surface area (Å²) >= 11 is 6.34. The highest BCUT2D eigenvalue weighted by Crippen LogP contribution is 2.22. The van der Waals surface area contributed by atoms with Crippen LogP contribution in [0.5, 0.6) is 0 Å². The summed E-state index contributed by atoms with van der Waals surface area (Å²) in [6.07, 6.45) is 0. The van der Waals surface area contributed by atoms with Gasteiger partial charge in [0.05, 0.1) is 24.6 Å². The van der Waals surface area contributed by atoms with Gasteiger partial charge in [0, 0.05) is 24.1 Å². The van der Waals surface area contributed by atoms with Crippen molar-refractivity contribution in [2.45, 2.75) is 13.0 Å². The van der Waals surface area contributed by atoms with Gasteiger partial charge in [-0.3, -0.25) is 19.6 Å². The molecule has 1 atom stereocenters. The number of rotatable bonds is 7. The first-order chi connectivity index (χ1) is 11.1. The van der Waals surface area contributed by atoms with Gasteiger partial charge in [-0.25, -0.2) is 0 Å². The number of carbonyl (C=O) groups is 2. The van der Waals surface area contributed by atoms with E-state index in [-0.39, 0.29) is 17.9 Å². The molecular formula is C13H20N4O2S4. The minimum absolute atomic E-state index is 0.0296. The van der Waals surface area contributed by atoms with Crippen molar-refractivity contribution in [2.24, 2.45) is 9.98 Å². The van der Waals surface area contributed by atoms with Gasteiger partial charge in [0.1, 0.15) is 8.75 Å². The summed E-state index contributed by atoms with van der Waals surface area (Å²) in [5, 5.41) is 5.72. The summed E-state index contributed by atoms with van der Waals surface area (Å²) in [5.74, 6) is 2.71. The van der Waals surface area contributed by atoms with Crippen molar-refractivity contribution < 1.29 is 9.59 Å². The fraction of sp³-hybridized carbons (Fsp3) is 0.692. The first-order valence-electron chi connectivity index (χ1n) is 7.29. The molecule has 0 aromatic rings. The molecule has 0 saturated carbocycles. The third kappa shape index (κ3) is 7.86. The zero-order valence-electron chi connectivity index (χ0n) is 12.9. The van der Waals surface area contributed by atoms with Crippen LogP contribution in [0.4, 0.5) is 0 Å². The maximum atomic E-state index is 11.8. The Hall–Kier alpha value is -0.320. The topological polar surface area (TPSA) is 82.9 Å². The van der Waals surface area contributed by atoms with E-state index in [2.05, 4.69) is 20.6 Å². The normalized spacial score (nSPS) is 18.3. The molecule has 0 aromatic heterocycles. The molecule has 10 heteroatoms. The lowest BCUT2D eigenvalue weighted by Gasteiger charge is -2.14. The second-order valence-electron chi connectivity index (χ2n) is 4.84. The largest absolute Gasteiger partial charge is 0.353 e. The summed E-state index contributed by atoms with van der Waals surface area (Å²) < 4.78 is 1.98. The minimum atomic E-state index is -0.0894. The molecule has 2 aliphatic rings. The van der Waals surface area contributed by atoms with E-state index in [1.54, 1.807) is 23.5 Å². The van der Waals surface area contributed by atoms with Crippen molar-refractivity contribution in [3.63, 3.8) is 0 Å². The molecule has 0 radical (unpaired) electrons. The third-order valence-corrected chi connectivity index (χ3v) is 7.29. The molecule has 0 spiro atoms. The average Bonchev–Trinajstić information content (AvgIpc) is 3.22. The van der Waals surface area contributed by atoms with Gasteiger partial charge in [0.15, 0.2) is 0 Å². The summed E-state index contributed by atoms with van der Waals surface area (Å²) in [4.78, 5) is 32.2. The van der Waals surface area contributed by atoms with E-state index in [0.717, 1.165) is 33.3 Å². The molecule has 0 fully saturated rings. The van der Waals surface area contributed by atoms with Crippen LogP contribution in [0.1, 0.15) is 6.92 Å². The Morgan fingerprint density at radius 2 is 1.65 bits per heavy atom. The van der Waals surface area contributed by atoms with Crippen molar-refractivity contribution in [1.29, 1.82) is 0 Å². The second kappa shape index (κ2) is 10.5. The maximum Gasteiger partial charge on any atom is 0.230 e. The molecule has 2 heterocycles. The number of hydrogen-bond donors (Lipinski definition) is 2. The van der Waals surface area contributed by atoms with Crippen molar-refractivity contribution >= 4 is 67.6 Å². The molecule has 2 N–H and O–H groups in total. The number of thioether (sulfide) groups is 4. The fourth-order valence-electron chi connectivity index (χ4n) is 1.75. The summed E-state index contributed by atoms with van der Waals surface area (Å²) in [5.41, 5.74) is 0. The quantitative estimate of drug-likeness (QED) is 0.679. The van der Waals surface area contributed by atoms with Gasteiger partial charge in [0.2, 0.25) is 11.8 Å². The molecule has 2 rings (SSSR count). The number of carbonyl (C=O) groups excluding carboxylic acids is 2. The van der Waals surface area contributed by atoms with Crippen LogP contribution in [-0.2, 0) is 9.59 Å². The van der Waals surface area contributed by atoms with Crippen LogP contribution in [0.25, 0.3) is 0 Å². The van der Waals surface area contributed by atoms with Crippen molar-refractivity contribution in [1.82, 2.24) is 10.6 Å². The van der Waals surface area contributed by atoms with Crippen LogP contribution in [0, 0.1) is 0 Å². The monoisotopic (exact) mass is 392 g/mol. The number of nitrogens with one attached hydrogen (secondary N) is 2. The molecular weight excluding hydrogens is 372 g/mol. The van der Waals surface area contributed by atoms with Crippen molar-refractivity contribution in [3.8, 4) is 0 Å². The molecule has 0 unspecified atom stereocenters. The van der Waals surface area contributed by atoms with Gasteiger partial charge in [-0.2, -0.15) is 0 Å². The molecule has 6 nitrogen and oxygen atoms in total. The smallest absolute Gasteiger partial charge is 0.230 e. The SMILES string of the molecule is C[C@@H](CNC(=O)CSC1=NCCS1)NC(=O)CSC1=NCCS1. The predicted octanol–water partition coefficient (Wildman–Crippen LogP) is 1.28. The first kappa shape index (κ1) is 19.0. The highest BCUT2D eigenvalue weighted by molar-refractivity contribution is 8.39. The summed E-state index contributed by atoms with van der Waals surface area (Å²) in [6, 6.07) is -0.0894. The van der Waals surface area contributed by atoms with Gasteiger partial charge in [0.25, 0.3) is 0 Å². The van der Waals surface area contributed by atoms with Crippen LogP contribution in [0.15, 0.2) is 9.98 Å². The molecule has 0 aromatic carbocycles. The van der Waals surface area contributed by atoms with Crippen molar-refractivity contribution in [2.75, 3.05) is 42.6 Å². The van der Waals surface area contributed by atoms with Crippen LogP contribution in [0.2, 0.25) is 0 Å². The van der Waals surface area contributed by atoms with E-state index < -0.39 is 0 Å². The molecule has 2 amide bonds. The first-order valence-corrected chi connectivity index (χ1v) is 11.2. The number of amides is 2. The Bertz CT molecular complexity index is 498. The van der Waals surface area contributed by atoms with Gasteiger partial charge in [-0.05, 0) is 6.92 Å². The maximum absolute atomic E-state index is 11.8. The Morgan fingerprint density at radius 1 is 1.09 bits per heavy atom. The lowest BCUT2D eigenvalue weighted by Crippen LogP contribution is -2.43. The lowest BCUT2D eigenvalue weighted by molar-refractivity contribution is -0.121. The third-order valence-electron chi connectivity index (χ3n) is 2.78. The Labute approximate surface area is 153 Å². The summed E-state index contributed by atoms with van der Waals surface area (Å²) in [7, 11) is 0. The molecule has 0 bridgehead atoms. The molecule has 23 heavy (non-hydrogen) atoms. The van der Waals surface area contributed by atoms with E-state index in [1.807, 2.05) is 6.92 Å². The van der Waals surface area contributed by atoms with E-state index in [4.69, 9.17) is 0 Å². The van der Waals surface area contributed by atoms with E-state index in [1.165, 1.54) is 23.5 Å². The van der Waals surface area contributed by atoms with Crippen LogP contribution < -0.4 is 10.6 Å². The van der Waals surface area contributed by atoms with E-state index >= 15 is 0 Å². The number of aliphatic imine (C=N–C) groups is 2. The number of hydrogen-bond acceptors (Lipinski definition) is 8. The minimum Gasteiger partial charge on any atom is -0.353 e. The Balaban J connectivity index is 1.53. The molecule has 2 aliphatic heterocycles. The summed E-state index contributed by atoms with van der Waals surface area (Å²) in [6.45, 7) is 4.01. The zero-order chi connectivity index (χ0) is 16.5. The van der Waals surface area contributed by atoms with E-state index in [0.29, 0.717) is 18.1 Å². The molecule has 0 saturated heterocycles. The average molecular weight is 393 g/mol. The van der Waals surface area contributed by atoms with Gasteiger partial charge in [-0.1, -0.05) is 47.0 Å². The van der Waals surface area contributed by atoms with Crippen LogP contribution in [0.3, 0.4) is 0 Å². The lowest BCUT2D eigenvalue weighted by atomic mass is 10.3. The predicted molar refractivity (Wildman–Crippen MR) is 105 cm³/mol. The van der Waals surface area contributed by atoms with Gasteiger partial charge < -0.3 is 10.6 Å². The molecule has 0 aliphatic carbocycles.